The summed E-state index contributed by atoms with van der Waals surface area (Å²) >= 11 is 18.9. The van der Waals surface area contributed by atoms with Crippen LogP contribution in [0.1, 0.15) is 22.2 Å². The summed E-state index contributed by atoms with van der Waals surface area (Å²) in [6, 6.07) is 8.26. The van der Waals surface area contributed by atoms with Crippen molar-refractivity contribution < 1.29 is 4.79 Å². The van der Waals surface area contributed by atoms with E-state index in [0.717, 1.165) is 4.88 Å². The number of carbonyl (C=O) groups is 1. The highest BCUT2D eigenvalue weighted by Gasteiger charge is 2.08. The van der Waals surface area contributed by atoms with Gasteiger partial charge in [0.15, 0.2) is 0 Å². The lowest BCUT2D eigenvalue weighted by Gasteiger charge is -2.03. The quantitative estimate of drug-likeness (QED) is 0.625. The van der Waals surface area contributed by atoms with Gasteiger partial charge in [0, 0.05) is 5.56 Å². The molecule has 104 valence electrons. The third-order valence-electron chi connectivity index (χ3n) is 2.44. The van der Waals surface area contributed by atoms with Gasteiger partial charge < -0.3 is 0 Å². The summed E-state index contributed by atoms with van der Waals surface area (Å²) in [5.74, 6) is -0.356. The molecule has 1 N–H and O–H groups in total. The van der Waals surface area contributed by atoms with E-state index in [1.54, 1.807) is 25.1 Å². The lowest BCUT2D eigenvalue weighted by atomic mass is 10.2. The minimum atomic E-state index is -0.356. The van der Waals surface area contributed by atoms with Gasteiger partial charge in [-0.1, -0.05) is 34.8 Å². The van der Waals surface area contributed by atoms with E-state index < -0.39 is 0 Å². The van der Waals surface area contributed by atoms with E-state index in [4.69, 9.17) is 34.8 Å². The number of hydrogen-bond acceptors (Lipinski definition) is 3. The van der Waals surface area contributed by atoms with Crippen LogP contribution in [0.25, 0.3) is 0 Å². The smallest absolute Gasteiger partial charge is 0.267 e. The van der Waals surface area contributed by atoms with E-state index in [1.165, 1.54) is 17.4 Å². The summed E-state index contributed by atoms with van der Waals surface area (Å²) in [7, 11) is 0. The zero-order valence-electron chi connectivity index (χ0n) is 10.3. The van der Waals surface area contributed by atoms with E-state index in [0.29, 0.717) is 25.7 Å². The Bertz CT molecular complexity index is 682. The summed E-state index contributed by atoms with van der Waals surface area (Å²) in [6.45, 7) is 1.79. The van der Waals surface area contributed by atoms with Gasteiger partial charge in [-0.15, -0.1) is 11.3 Å². The van der Waals surface area contributed by atoms with Crippen LogP contribution in [0.5, 0.6) is 0 Å². The molecule has 0 aliphatic heterocycles. The molecule has 1 amide bonds. The molecule has 7 heteroatoms. The minimum absolute atomic E-state index is 0.324. The molecule has 1 heterocycles. The molecule has 0 atom stereocenters. The van der Waals surface area contributed by atoms with Crippen molar-refractivity contribution in [3.63, 3.8) is 0 Å². The maximum Gasteiger partial charge on any atom is 0.271 e. The number of halogens is 3. The van der Waals surface area contributed by atoms with Crippen LogP contribution in [0.3, 0.4) is 0 Å². The van der Waals surface area contributed by atoms with Crippen molar-refractivity contribution in [2.24, 2.45) is 5.10 Å². The number of rotatable bonds is 3. The Balaban J connectivity index is 2.09. The molecule has 0 saturated heterocycles. The van der Waals surface area contributed by atoms with Crippen molar-refractivity contribution in [2.75, 3.05) is 0 Å². The Labute approximate surface area is 135 Å². The maximum absolute atomic E-state index is 11.9. The van der Waals surface area contributed by atoms with Crippen molar-refractivity contribution in [1.82, 2.24) is 5.43 Å². The van der Waals surface area contributed by atoms with Crippen LogP contribution in [0.15, 0.2) is 35.4 Å². The lowest BCUT2D eigenvalue weighted by Crippen LogP contribution is -2.19. The Morgan fingerprint density at radius 3 is 2.50 bits per heavy atom. The van der Waals surface area contributed by atoms with E-state index in [2.05, 4.69) is 10.5 Å². The number of hydrogen-bond donors (Lipinski definition) is 1. The van der Waals surface area contributed by atoms with Gasteiger partial charge in [0.1, 0.15) is 0 Å². The predicted molar refractivity (Wildman–Crippen MR) is 85.5 cm³/mol. The van der Waals surface area contributed by atoms with Crippen molar-refractivity contribution in [1.29, 1.82) is 0 Å². The molecule has 1 aromatic carbocycles. The number of hydrazone groups is 1. The largest absolute Gasteiger partial charge is 0.271 e. The number of thiophene rings is 1. The zero-order chi connectivity index (χ0) is 14.7. The van der Waals surface area contributed by atoms with Crippen molar-refractivity contribution in [2.45, 2.75) is 6.92 Å². The molecule has 0 saturated carbocycles. The Morgan fingerprint density at radius 2 is 1.90 bits per heavy atom. The first-order valence-electron chi connectivity index (χ1n) is 5.53. The van der Waals surface area contributed by atoms with Gasteiger partial charge in [-0.3, -0.25) is 4.79 Å². The average Bonchev–Trinajstić information content (AvgIpc) is 2.85. The second kappa shape index (κ2) is 6.59. The first-order valence-corrected chi connectivity index (χ1v) is 7.48. The van der Waals surface area contributed by atoms with E-state index in [-0.39, 0.29) is 5.91 Å². The number of nitrogens with one attached hydrogen (secondary N) is 1. The van der Waals surface area contributed by atoms with Gasteiger partial charge >= 0.3 is 0 Å². The summed E-state index contributed by atoms with van der Waals surface area (Å²) < 4.78 is 0.672. The van der Waals surface area contributed by atoms with Gasteiger partial charge in [0.2, 0.25) is 0 Å². The molecular formula is C13H9Cl3N2OS. The maximum atomic E-state index is 11.9. The van der Waals surface area contributed by atoms with Crippen molar-refractivity contribution in [3.8, 4) is 0 Å². The summed E-state index contributed by atoms with van der Waals surface area (Å²) in [5.41, 5.74) is 3.53. The van der Waals surface area contributed by atoms with Crippen LogP contribution in [0.2, 0.25) is 14.4 Å². The summed E-state index contributed by atoms with van der Waals surface area (Å²) in [4.78, 5) is 12.8. The van der Waals surface area contributed by atoms with E-state index in [9.17, 15) is 4.79 Å². The van der Waals surface area contributed by atoms with Crippen molar-refractivity contribution in [3.05, 3.63) is 55.2 Å². The normalized spacial score (nSPS) is 11.5. The standard InChI is InChI=1S/C13H9Cl3N2OS/c1-7(11-4-5-12(16)20-11)17-18-13(19)8-2-3-9(14)10(15)6-8/h2-6H,1H3,(H,18,19). The van der Waals surface area contributed by atoms with Crippen LogP contribution in [0.4, 0.5) is 0 Å². The molecule has 0 radical (unpaired) electrons. The summed E-state index contributed by atoms with van der Waals surface area (Å²) in [5, 5.41) is 4.75. The van der Waals surface area contributed by atoms with Gasteiger partial charge in [-0.2, -0.15) is 5.10 Å². The Morgan fingerprint density at radius 1 is 1.15 bits per heavy atom. The predicted octanol–water partition coefficient (Wildman–Crippen LogP) is 4.86. The topological polar surface area (TPSA) is 41.5 Å². The van der Waals surface area contributed by atoms with Crippen LogP contribution in [0, 0.1) is 0 Å². The van der Waals surface area contributed by atoms with Gasteiger partial charge in [0.25, 0.3) is 5.91 Å². The fourth-order valence-electron chi connectivity index (χ4n) is 1.40. The minimum Gasteiger partial charge on any atom is -0.267 e. The van der Waals surface area contributed by atoms with E-state index >= 15 is 0 Å². The van der Waals surface area contributed by atoms with Crippen LogP contribution >= 0.6 is 46.1 Å². The number of amides is 1. The third kappa shape index (κ3) is 3.73. The summed E-state index contributed by atoms with van der Waals surface area (Å²) in [6.07, 6.45) is 0. The molecule has 2 rings (SSSR count). The SMILES string of the molecule is CC(=NNC(=O)c1ccc(Cl)c(Cl)c1)c1ccc(Cl)s1. The van der Waals surface area contributed by atoms with Gasteiger partial charge in [-0.25, -0.2) is 5.43 Å². The first-order chi connectivity index (χ1) is 9.47. The molecule has 0 fully saturated rings. The van der Waals surface area contributed by atoms with Crippen LogP contribution in [-0.4, -0.2) is 11.6 Å². The molecule has 0 unspecified atom stereocenters. The third-order valence-corrected chi connectivity index (χ3v) is 4.52. The van der Waals surface area contributed by atoms with E-state index in [1.807, 2.05) is 6.07 Å². The molecule has 2 aromatic rings. The van der Waals surface area contributed by atoms with Crippen LogP contribution in [-0.2, 0) is 0 Å². The Hall–Kier alpha value is -1.07. The molecule has 0 aliphatic rings. The highest BCUT2D eigenvalue weighted by atomic mass is 35.5. The highest BCUT2D eigenvalue weighted by Crippen LogP contribution is 2.23. The second-order valence-electron chi connectivity index (χ2n) is 3.87. The molecule has 3 nitrogen and oxygen atoms in total. The Kier molecular flexibility index (Phi) is 5.05. The monoisotopic (exact) mass is 346 g/mol. The molecule has 0 aliphatic carbocycles. The number of benzene rings is 1. The van der Waals surface area contributed by atoms with Crippen LogP contribution < -0.4 is 5.43 Å². The molecule has 0 spiro atoms. The van der Waals surface area contributed by atoms with Gasteiger partial charge in [0.05, 0.1) is 25.0 Å². The second-order valence-corrected chi connectivity index (χ2v) is 6.40. The average molecular weight is 348 g/mol. The molecule has 20 heavy (non-hydrogen) atoms. The number of nitrogens with zero attached hydrogens (tertiary/aromatic N) is 1. The molecule has 0 bridgehead atoms. The fraction of sp³-hybridized carbons (Fsp3) is 0.0769. The number of carbonyl (C=O) groups excluding carboxylic acids is 1. The highest BCUT2D eigenvalue weighted by molar-refractivity contribution is 7.18. The first kappa shape index (κ1) is 15.3. The molecule has 1 aromatic heterocycles. The van der Waals surface area contributed by atoms with Crippen molar-refractivity contribution >= 4 is 57.8 Å². The molecular weight excluding hydrogens is 339 g/mol. The van der Waals surface area contributed by atoms with Gasteiger partial charge in [-0.05, 0) is 37.3 Å². The fourth-order valence-corrected chi connectivity index (χ4v) is 2.69. The lowest BCUT2D eigenvalue weighted by molar-refractivity contribution is 0.0955. The zero-order valence-corrected chi connectivity index (χ0v) is 13.4.